The van der Waals surface area contributed by atoms with E-state index in [1.165, 1.54) is 12.1 Å². The van der Waals surface area contributed by atoms with E-state index in [-0.39, 0.29) is 16.2 Å². The molecule has 9 nitrogen and oxygen atoms in total. The lowest BCUT2D eigenvalue weighted by molar-refractivity contribution is -0.385. The Morgan fingerprint density at radius 2 is 1.97 bits per heavy atom. The molecule has 0 unspecified atom stereocenters. The van der Waals surface area contributed by atoms with Crippen molar-refractivity contribution in [1.29, 1.82) is 0 Å². The van der Waals surface area contributed by atoms with Crippen LogP contribution in [0.4, 0.5) is 25.0 Å². The van der Waals surface area contributed by atoms with Crippen molar-refractivity contribution in [3.8, 4) is 5.75 Å². The number of aromatic hydroxyl groups is 1. The highest BCUT2D eigenvalue weighted by molar-refractivity contribution is 8.18. The van der Waals surface area contributed by atoms with Crippen LogP contribution in [0, 0.1) is 21.7 Å². The maximum atomic E-state index is 13.6. The van der Waals surface area contributed by atoms with E-state index in [9.17, 15) is 38.4 Å². The molecule has 0 atom stereocenters. The minimum atomic E-state index is -1.02. The monoisotopic (exact) mass is 435 g/mol. The lowest BCUT2D eigenvalue weighted by atomic mass is 10.1. The van der Waals surface area contributed by atoms with Gasteiger partial charge in [-0.05, 0) is 41.6 Å². The molecule has 0 aromatic heterocycles. The first kappa shape index (κ1) is 20.9. The van der Waals surface area contributed by atoms with Crippen LogP contribution in [0.3, 0.4) is 0 Å². The van der Waals surface area contributed by atoms with Crippen LogP contribution in [0.5, 0.6) is 5.75 Å². The maximum Gasteiger partial charge on any atom is 0.311 e. The maximum absolute atomic E-state index is 13.6. The second-order valence-electron chi connectivity index (χ2n) is 5.95. The summed E-state index contributed by atoms with van der Waals surface area (Å²) < 4.78 is 26.5. The molecule has 154 valence electrons. The van der Waals surface area contributed by atoms with Crippen molar-refractivity contribution in [2.24, 2.45) is 0 Å². The Morgan fingerprint density at radius 1 is 1.23 bits per heavy atom. The molecule has 2 N–H and O–H groups in total. The number of benzene rings is 2. The van der Waals surface area contributed by atoms with Gasteiger partial charge in [0.25, 0.3) is 11.1 Å². The predicted octanol–water partition coefficient (Wildman–Crippen LogP) is 3.25. The Bertz CT molecular complexity index is 1120. The summed E-state index contributed by atoms with van der Waals surface area (Å²) in [7, 11) is 0. The molecule has 1 aliphatic rings. The number of halogens is 2. The number of phenols is 1. The highest BCUT2D eigenvalue weighted by Crippen LogP contribution is 2.34. The Balaban J connectivity index is 1.74. The van der Waals surface area contributed by atoms with E-state index in [4.69, 9.17) is 0 Å². The van der Waals surface area contributed by atoms with Crippen LogP contribution >= 0.6 is 11.8 Å². The number of hydrogen-bond donors (Lipinski definition) is 2. The van der Waals surface area contributed by atoms with Gasteiger partial charge in [0, 0.05) is 12.1 Å². The first-order chi connectivity index (χ1) is 14.2. The Kier molecular flexibility index (Phi) is 5.78. The van der Waals surface area contributed by atoms with Crippen LogP contribution in [0.1, 0.15) is 5.56 Å². The summed E-state index contributed by atoms with van der Waals surface area (Å²) in [6, 6.07) is 5.88. The summed E-state index contributed by atoms with van der Waals surface area (Å²) in [5.74, 6) is -4.13. The van der Waals surface area contributed by atoms with Crippen LogP contribution in [-0.4, -0.2) is 38.5 Å². The van der Waals surface area contributed by atoms with E-state index in [1.807, 2.05) is 0 Å². The van der Waals surface area contributed by atoms with Gasteiger partial charge in [-0.25, -0.2) is 8.78 Å². The van der Waals surface area contributed by atoms with E-state index < -0.39 is 51.6 Å². The van der Waals surface area contributed by atoms with Crippen molar-refractivity contribution < 1.29 is 33.2 Å². The summed E-state index contributed by atoms with van der Waals surface area (Å²) in [6.45, 7) is -0.714. The van der Waals surface area contributed by atoms with Crippen molar-refractivity contribution in [3.63, 3.8) is 0 Å². The summed E-state index contributed by atoms with van der Waals surface area (Å²) in [5, 5.41) is 21.7. The first-order valence-corrected chi connectivity index (χ1v) is 8.95. The van der Waals surface area contributed by atoms with Crippen LogP contribution in [0.2, 0.25) is 0 Å². The van der Waals surface area contributed by atoms with Gasteiger partial charge < -0.3 is 10.4 Å². The highest BCUT2D eigenvalue weighted by Gasteiger charge is 2.36. The van der Waals surface area contributed by atoms with Gasteiger partial charge in [0.05, 0.1) is 15.5 Å². The second kappa shape index (κ2) is 8.29. The lowest BCUT2D eigenvalue weighted by Crippen LogP contribution is -2.36. The van der Waals surface area contributed by atoms with E-state index in [0.29, 0.717) is 22.7 Å². The number of nitro groups is 1. The molecule has 1 saturated heterocycles. The third-order valence-electron chi connectivity index (χ3n) is 3.87. The summed E-state index contributed by atoms with van der Waals surface area (Å²) in [4.78, 5) is 47.2. The van der Waals surface area contributed by atoms with E-state index in [2.05, 4.69) is 5.32 Å². The first-order valence-electron chi connectivity index (χ1n) is 8.13. The summed E-state index contributed by atoms with van der Waals surface area (Å²) >= 11 is 0.511. The number of thioether (sulfide) groups is 1. The largest absolute Gasteiger partial charge is 0.502 e. The van der Waals surface area contributed by atoms with Crippen LogP contribution < -0.4 is 5.32 Å². The summed E-state index contributed by atoms with van der Waals surface area (Å²) in [6.07, 6.45) is 1.20. The second-order valence-corrected chi connectivity index (χ2v) is 6.94. The average Bonchev–Trinajstić information content (AvgIpc) is 2.92. The lowest BCUT2D eigenvalue weighted by Gasteiger charge is -2.12. The molecule has 2 aromatic carbocycles. The topological polar surface area (TPSA) is 130 Å². The van der Waals surface area contributed by atoms with Crippen molar-refractivity contribution in [2.75, 3.05) is 11.9 Å². The number of amides is 3. The number of nitrogens with one attached hydrogen (secondary N) is 1. The molecule has 1 aliphatic heterocycles. The predicted molar refractivity (Wildman–Crippen MR) is 102 cm³/mol. The normalized spacial score (nSPS) is 15.0. The molecule has 1 heterocycles. The zero-order chi connectivity index (χ0) is 22.0. The number of carbonyl (C=O) groups excluding carboxylic acids is 3. The molecule has 2 aromatic rings. The molecule has 0 bridgehead atoms. The molecular weight excluding hydrogens is 424 g/mol. The minimum Gasteiger partial charge on any atom is -0.502 e. The van der Waals surface area contributed by atoms with E-state index in [1.54, 1.807) is 0 Å². The fourth-order valence-corrected chi connectivity index (χ4v) is 3.33. The van der Waals surface area contributed by atoms with Gasteiger partial charge in [-0.3, -0.25) is 29.4 Å². The number of rotatable bonds is 5. The SMILES string of the molecule is O=C(CN1C(=O)S/C(=C/c2ccc(O)c([N+](=O)[O-])c2)C1=O)Nc1ccc(F)cc1F. The molecule has 3 amide bonds. The van der Waals surface area contributed by atoms with Gasteiger partial charge in [-0.2, -0.15) is 0 Å². The van der Waals surface area contributed by atoms with Crippen molar-refractivity contribution in [3.05, 3.63) is 68.6 Å². The Hall–Kier alpha value is -3.80. The molecule has 1 fully saturated rings. The van der Waals surface area contributed by atoms with Gasteiger partial charge in [0.15, 0.2) is 5.75 Å². The van der Waals surface area contributed by atoms with Crippen molar-refractivity contribution >= 4 is 46.3 Å². The molecule has 30 heavy (non-hydrogen) atoms. The molecule has 0 saturated carbocycles. The number of phenolic OH excluding ortho intramolecular Hbond substituents is 1. The fraction of sp³-hybridized carbons (Fsp3) is 0.0556. The minimum absolute atomic E-state index is 0.0965. The fourth-order valence-electron chi connectivity index (χ4n) is 2.49. The number of imide groups is 1. The Labute approximate surface area is 171 Å². The quantitative estimate of drug-likeness (QED) is 0.419. The van der Waals surface area contributed by atoms with Gasteiger partial charge in [-0.1, -0.05) is 6.07 Å². The smallest absolute Gasteiger partial charge is 0.311 e. The molecule has 0 spiro atoms. The van der Waals surface area contributed by atoms with Crippen LogP contribution in [0.15, 0.2) is 41.3 Å². The highest BCUT2D eigenvalue weighted by atomic mass is 32.2. The van der Waals surface area contributed by atoms with Gasteiger partial charge in [-0.15, -0.1) is 0 Å². The number of carbonyl (C=O) groups is 3. The number of nitro benzene ring substituents is 1. The molecule has 3 rings (SSSR count). The molecule has 0 aliphatic carbocycles. The van der Waals surface area contributed by atoms with Crippen LogP contribution in [0.25, 0.3) is 6.08 Å². The number of anilines is 1. The summed E-state index contributed by atoms with van der Waals surface area (Å²) in [5.41, 5.74) is -0.716. The van der Waals surface area contributed by atoms with Gasteiger partial charge in [0.2, 0.25) is 5.91 Å². The van der Waals surface area contributed by atoms with E-state index >= 15 is 0 Å². The standard InChI is InChI=1S/C18H11F2N3O6S/c19-10-2-3-12(11(20)7-10)21-16(25)8-22-17(26)15(30-18(22)27)6-9-1-4-14(24)13(5-9)23(28)29/h1-7,24H,8H2,(H,21,25)/b15-6+. The number of hydrogen-bond acceptors (Lipinski definition) is 7. The van der Waals surface area contributed by atoms with Crippen LogP contribution in [-0.2, 0) is 9.59 Å². The third kappa shape index (κ3) is 4.43. The van der Waals surface area contributed by atoms with Gasteiger partial charge >= 0.3 is 5.69 Å². The zero-order valence-corrected chi connectivity index (χ0v) is 15.6. The van der Waals surface area contributed by atoms with Crippen molar-refractivity contribution in [2.45, 2.75) is 0 Å². The molecular formula is C18H11F2N3O6S. The zero-order valence-electron chi connectivity index (χ0n) is 14.8. The third-order valence-corrected chi connectivity index (χ3v) is 4.78. The molecule has 0 radical (unpaired) electrons. The average molecular weight is 435 g/mol. The molecule has 12 heteroatoms. The van der Waals surface area contributed by atoms with Crippen molar-refractivity contribution in [1.82, 2.24) is 4.90 Å². The number of nitrogens with zero attached hydrogens (tertiary/aromatic N) is 2. The van der Waals surface area contributed by atoms with E-state index in [0.717, 1.165) is 24.3 Å². The Morgan fingerprint density at radius 3 is 2.63 bits per heavy atom. The van der Waals surface area contributed by atoms with Gasteiger partial charge in [0.1, 0.15) is 18.2 Å².